The van der Waals surface area contributed by atoms with Crippen molar-refractivity contribution in [2.75, 3.05) is 19.4 Å². The quantitative estimate of drug-likeness (QED) is 0.777. The number of benzene rings is 1. The molecule has 0 aliphatic carbocycles. The van der Waals surface area contributed by atoms with Crippen LogP contribution in [0.5, 0.6) is 0 Å². The molecule has 1 aliphatic heterocycles. The van der Waals surface area contributed by atoms with Gasteiger partial charge in [0.2, 0.25) is 0 Å². The maximum Gasteiger partial charge on any atom is 0.153 e. The van der Waals surface area contributed by atoms with Gasteiger partial charge in [0.1, 0.15) is 12.1 Å². The molecule has 0 aromatic heterocycles. The molecular weight excluding hydrogens is 236 g/mol. The average molecular weight is 250 g/mol. The summed E-state index contributed by atoms with van der Waals surface area (Å²) in [7, 11) is 3.84. The lowest BCUT2D eigenvalue weighted by Gasteiger charge is -2.24. The Morgan fingerprint density at radius 3 is 2.58 bits per heavy atom. The Labute approximate surface area is 112 Å². The van der Waals surface area contributed by atoms with Crippen molar-refractivity contribution in [2.45, 2.75) is 6.42 Å². The molecular formula is C15H14N4. The molecule has 1 aromatic rings. The van der Waals surface area contributed by atoms with Gasteiger partial charge < -0.3 is 10.2 Å². The summed E-state index contributed by atoms with van der Waals surface area (Å²) in [5.41, 5.74) is 3.78. The molecule has 19 heavy (non-hydrogen) atoms. The zero-order valence-corrected chi connectivity index (χ0v) is 10.9. The number of hydrogen-bond acceptors (Lipinski definition) is 4. The first kappa shape index (κ1) is 12.7. The summed E-state index contributed by atoms with van der Waals surface area (Å²) < 4.78 is 0. The van der Waals surface area contributed by atoms with Gasteiger partial charge in [0.05, 0.1) is 5.70 Å². The fourth-order valence-corrected chi connectivity index (χ4v) is 2.09. The molecule has 1 N–H and O–H groups in total. The van der Waals surface area contributed by atoms with Crippen molar-refractivity contribution in [3.8, 4) is 12.1 Å². The fourth-order valence-electron chi connectivity index (χ4n) is 2.09. The van der Waals surface area contributed by atoms with Crippen molar-refractivity contribution in [3.05, 3.63) is 52.9 Å². The average Bonchev–Trinajstić information content (AvgIpc) is 2.40. The molecule has 0 bridgehead atoms. The highest BCUT2D eigenvalue weighted by Crippen LogP contribution is 2.31. The van der Waals surface area contributed by atoms with Gasteiger partial charge in [0, 0.05) is 32.4 Å². The van der Waals surface area contributed by atoms with Crippen molar-refractivity contribution in [1.82, 2.24) is 4.90 Å². The Hall–Kier alpha value is -2.72. The second-order valence-corrected chi connectivity index (χ2v) is 4.55. The van der Waals surface area contributed by atoms with Gasteiger partial charge in [-0.2, -0.15) is 10.5 Å². The molecule has 0 saturated heterocycles. The second-order valence-electron chi connectivity index (χ2n) is 4.55. The Balaban J connectivity index is 2.57. The number of nitriles is 2. The highest BCUT2D eigenvalue weighted by Gasteiger charge is 2.20. The van der Waals surface area contributed by atoms with Crippen LogP contribution in [0, 0.1) is 22.7 Å². The van der Waals surface area contributed by atoms with Crippen molar-refractivity contribution in [2.24, 2.45) is 0 Å². The van der Waals surface area contributed by atoms with Crippen LogP contribution in [-0.4, -0.2) is 19.0 Å². The third-order valence-electron chi connectivity index (χ3n) is 2.87. The van der Waals surface area contributed by atoms with Gasteiger partial charge in [-0.3, -0.25) is 0 Å². The van der Waals surface area contributed by atoms with Crippen LogP contribution in [0.3, 0.4) is 0 Å². The van der Waals surface area contributed by atoms with Gasteiger partial charge in [-0.15, -0.1) is 0 Å². The predicted octanol–water partition coefficient (Wildman–Crippen LogP) is 2.40. The van der Waals surface area contributed by atoms with E-state index in [9.17, 15) is 0 Å². The summed E-state index contributed by atoms with van der Waals surface area (Å²) in [6, 6.07) is 11.8. The number of nitrogens with zero attached hydrogens (tertiary/aromatic N) is 3. The van der Waals surface area contributed by atoms with E-state index in [1.54, 1.807) is 0 Å². The minimum atomic E-state index is 0.114. The standard InChI is InChI=1S/C15H14N4/c1-19(2)10-12-7-11-5-3-4-6-14(11)18-15(12)13(8-16)9-17/h3-6,10,18H,7H2,1-2H3/b12-10+. The maximum absolute atomic E-state index is 9.07. The van der Waals surface area contributed by atoms with Crippen LogP contribution >= 0.6 is 0 Å². The van der Waals surface area contributed by atoms with Crippen LogP contribution in [0.2, 0.25) is 0 Å². The molecule has 1 heterocycles. The van der Waals surface area contributed by atoms with E-state index in [4.69, 9.17) is 10.5 Å². The van der Waals surface area contributed by atoms with Crippen LogP contribution in [0.15, 0.2) is 47.3 Å². The van der Waals surface area contributed by atoms with E-state index in [2.05, 4.69) is 5.32 Å². The SMILES string of the molecule is CN(C)/C=C1\Cc2ccccc2NC1=C(C#N)C#N. The Kier molecular flexibility index (Phi) is 3.54. The van der Waals surface area contributed by atoms with E-state index in [1.807, 2.05) is 61.6 Å². The van der Waals surface area contributed by atoms with Crippen molar-refractivity contribution < 1.29 is 0 Å². The molecule has 0 amide bonds. The fraction of sp³-hybridized carbons (Fsp3) is 0.200. The topological polar surface area (TPSA) is 62.9 Å². The van der Waals surface area contributed by atoms with Gasteiger partial charge in [0.15, 0.2) is 5.57 Å². The van der Waals surface area contributed by atoms with Crippen molar-refractivity contribution in [1.29, 1.82) is 10.5 Å². The van der Waals surface area contributed by atoms with Gasteiger partial charge in [0.25, 0.3) is 0 Å². The molecule has 4 heteroatoms. The first-order chi connectivity index (χ1) is 9.15. The largest absolute Gasteiger partial charge is 0.383 e. The lowest BCUT2D eigenvalue weighted by Crippen LogP contribution is -2.17. The van der Waals surface area contributed by atoms with Crippen LogP contribution in [0.1, 0.15) is 5.56 Å². The molecule has 94 valence electrons. The number of hydrogen-bond donors (Lipinski definition) is 1. The zero-order chi connectivity index (χ0) is 13.8. The molecule has 2 rings (SSSR count). The van der Waals surface area contributed by atoms with Gasteiger partial charge in [-0.05, 0) is 17.2 Å². The van der Waals surface area contributed by atoms with Crippen molar-refractivity contribution >= 4 is 5.69 Å². The Bertz CT molecular complexity index is 623. The van der Waals surface area contributed by atoms with Crippen LogP contribution in [-0.2, 0) is 6.42 Å². The van der Waals surface area contributed by atoms with Crippen molar-refractivity contribution in [3.63, 3.8) is 0 Å². The molecule has 1 aromatic carbocycles. The molecule has 0 saturated carbocycles. The summed E-state index contributed by atoms with van der Waals surface area (Å²) in [6.07, 6.45) is 2.65. The molecule has 0 atom stereocenters. The van der Waals surface area contributed by atoms with Gasteiger partial charge in [-0.25, -0.2) is 0 Å². The summed E-state index contributed by atoms with van der Waals surface area (Å²) in [4.78, 5) is 1.91. The minimum Gasteiger partial charge on any atom is -0.383 e. The minimum absolute atomic E-state index is 0.114. The number of anilines is 1. The summed E-state index contributed by atoms with van der Waals surface area (Å²) in [5.74, 6) is 0. The first-order valence-corrected chi connectivity index (χ1v) is 5.92. The summed E-state index contributed by atoms with van der Waals surface area (Å²) in [5, 5.41) is 21.3. The highest BCUT2D eigenvalue weighted by molar-refractivity contribution is 5.68. The zero-order valence-electron chi connectivity index (χ0n) is 10.9. The van der Waals surface area contributed by atoms with E-state index in [1.165, 1.54) is 0 Å². The third-order valence-corrected chi connectivity index (χ3v) is 2.87. The van der Waals surface area contributed by atoms with E-state index in [0.717, 1.165) is 16.8 Å². The summed E-state index contributed by atoms with van der Waals surface area (Å²) >= 11 is 0. The van der Waals surface area contributed by atoms with Crippen LogP contribution in [0.4, 0.5) is 5.69 Å². The molecule has 0 radical (unpaired) electrons. The van der Waals surface area contributed by atoms with E-state index in [-0.39, 0.29) is 5.57 Å². The van der Waals surface area contributed by atoms with Gasteiger partial charge in [-0.1, -0.05) is 18.2 Å². The van der Waals surface area contributed by atoms with E-state index < -0.39 is 0 Å². The van der Waals surface area contributed by atoms with E-state index in [0.29, 0.717) is 12.1 Å². The van der Waals surface area contributed by atoms with E-state index >= 15 is 0 Å². The summed E-state index contributed by atoms with van der Waals surface area (Å²) in [6.45, 7) is 0. The van der Waals surface area contributed by atoms with Gasteiger partial charge >= 0.3 is 0 Å². The predicted molar refractivity (Wildman–Crippen MR) is 73.8 cm³/mol. The Morgan fingerprint density at radius 1 is 1.26 bits per heavy atom. The first-order valence-electron chi connectivity index (χ1n) is 5.92. The molecule has 1 aliphatic rings. The molecule has 0 unspecified atom stereocenters. The monoisotopic (exact) mass is 250 g/mol. The Morgan fingerprint density at radius 2 is 1.95 bits per heavy atom. The maximum atomic E-state index is 9.07. The highest BCUT2D eigenvalue weighted by atomic mass is 15.0. The molecule has 0 spiro atoms. The van der Waals surface area contributed by atoms with Crippen LogP contribution in [0.25, 0.3) is 0 Å². The molecule has 0 fully saturated rings. The lowest BCUT2D eigenvalue weighted by molar-refractivity contribution is 0.557. The van der Waals surface area contributed by atoms with Crippen LogP contribution < -0.4 is 5.32 Å². The molecule has 4 nitrogen and oxygen atoms in total. The lowest BCUT2D eigenvalue weighted by atomic mass is 9.94. The number of para-hydroxylation sites is 1. The number of fused-ring (bicyclic) bond motifs is 1. The number of rotatable bonds is 1. The smallest absolute Gasteiger partial charge is 0.153 e. The third kappa shape index (κ3) is 2.59. The number of allylic oxidation sites excluding steroid dienone is 2. The number of nitrogens with one attached hydrogen (secondary N) is 1. The normalized spacial score (nSPS) is 14.9. The second kappa shape index (κ2) is 5.29.